The largest absolute Gasteiger partial charge is 0.321 e. The summed E-state index contributed by atoms with van der Waals surface area (Å²) in [6, 6.07) is 4.11. The third-order valence-electron chi connectivity index (χ3n) is 2.47. The van der Waals surface area contributed by atoms with Crippen molar-refractivity contribution in [3.8, 4) is 0 Å². The molecule has 1 fully saturated rings. The molecule has 2 N–H and O–H groups in total. The molecule has 1 saturated carbocycles. The van der Waals surface area contributed by atoms with Crippen LogP contribution in [-0.4, -0.2) is 6.29 Å². The lowest BCUT2D eigenvalue weighted by Crippen LogP contribution is -2.20. The van der Waals surface area contributed by atoms with Gasteiger partial charge in [-0.3, -0.25) is 4.79 Å². The highest BCUT2D eigenvalue weighted by molar-refractivity contribution is 5.78. The number of hydrogen-bond donors (Lipinski definition) is 1. The molecule has 1 aliphatic rings. The molecule has 68 valence electrons. The van der Waals surface area contributed by atoms with E-state index in [1.807, 2.05) is 0 Å². The van der Waals surface area contributed by atoms with E-state index in [1.165, 1.54) is 18.2 Å². The molecule has 1 aromatic carbocycles. The fraction of sp³-hybridized carbons (Fsp3) is 0.300. The number of carbonyl (C=O) groups is 1. The van der Waals surface area contributed by atoms with Crippen LogP contribution in [0.5, 0.6) is 0 Å². The molecule has 0 spiro atoms. The van der Waals surface area contributed by atoms with Gasteiger partial charge in [-0.25, -0.2) is 4.39 Å². The molecule has 0 bridgehead atoms. The lowest BCUT2D eigenvalue weighted by molar-refractivity contribution is 0.112. The Labute approximate surface area is 75.6 Å². The van der Waals surface area contributed by atoms with E-state index in [1.54, 1.807) is 0 Å². The van der Waals surface area contributed by atoms with Crippen LogP contribution in [0, 0.1) is 5.82 Å². The lowest BCUT2D eigenvalue weighted by atomic mass is 10.00. The van der Waals surface area contributed by atoms with Crippen LogP contribution in [0.4, 0.5) is 4.39 Å². The molecular weight excluding hydrogens is 169 g/mol. The van der Waals surface area contributed by atoms with Crippen LogP contribution >= 0.6 is 0 Å². The van der Waals surface area contributed by atoms with Gasteiger partial charge in [0, 0.05) is 11.1 Å². The van der Waals surface area contributed by atoms with E-state index >= 15 is 0 Å². The Balaban J connectivity index is 2.52. The van der Waals surface area contributed by atoms with E-state index in [0.717, 1.165) is 19.1 Å². The van der Waals surface area contributed by atoms with E-state index in [9.17, 15) is 9.18 Å². The average Bonchev–Trinajstić information content (AvgIpc) is 2.85. The Hall–Kier alpha value is -1.22. The van der Waals surface area contributed by atoms with Crippen LogP contribution in [0.3, 0.4) is 0 Å². The number of hydrogen-bond acceptors (Lipinski definition) is 2. The van der Waals surface area contributed by atoms with Crippen molar-refractivity contribution in [2.45, 2.75) is 18.4 Å². The predicted octanol–water partition coefficient (Wildman–Crippen LogP) is 1.59. The summed E-state index contributed by atoms with van der Waals surface area (Å²) in [4.78, 5) is 10.6. The van der Waals surface area contributed by atoms with E-state index in [-0.39, 0.29) is 5.82 Å². The number of rotatable bonds is 2. The van der Waals surface area contributed by atoms with Crippen molar-refractivity contribution in [1.82, 2.24) is 0 Å². The van der Waals surface area contributed by atoms with E-state index in [4.69, 9.17) is 5.73 Å². The molecule has 0 saturated heterocycles. The molecule has 2 rings (SSSR count). The summed E-state index contributed by atoms with van der Waals surface area (Å²) in [5, 5.41) is 0. The summed E-state index contributed by atoms with van der Waals surface area (Å²) in [5.41, 5.74) is 6.58. The molecule has 0 atom stereocenters. The first-order valence-corrected chi connectivity index (χ1v) is 4.20. The van der Waals surface area contributed by atoms with Crippen molar-refractivity contribution in [1.29, 1.82) is 0 Å². The Morgan fingerprint density at radius 1 is 1.46 bits per heavy atom. The van der Waals surface area contributed by atoms with Crippen LogP contribution in [0.1, 0.15) is 28.8 Å². The maximum absolute atomic E-state index is 12.9. The summed E-state index contributed by atoms with van der Waals surface area (Å²) in [5.74, 6) is -0.336. The number of carbonyl (C=O) groups excluding carboxylic acids is 1. The van der Waals surface area contributed by atoms with Gasteiger partial charge in [0.05, 0.1) is 0 Å². The van der Waals surface area contributed by atoms with Crippen molar-refractivity contribution >= 4 is 6.29 Å². The monoisotopic (exact) mass is 179 g/mol. The molecule has 1 aromatic rings. The van der Waals surface area contributed by atoms with Crippen LogP contribution < -0.4 is 5.73 Å². The first-order valence-electron chi connectivity index (χ1n) is 4.20. The molecule has 0 aromatic heterocycles. The van der Waals surface area contributed by atoms with Gasteiger partial charge in [-0.2, -0.15) is 0 Å². The summed E-state index contributed by atoms with van der Waals surface area (Å²) < 4.78 is 12.9. The second kappa shape index (κ2) is 2.64. The lowest BCUT2D eigenvalue weighted by Gasteiger charge is -2.11. The van der Waals surface area contributed by atoms with Crippen LogP contribution in [0.15, 0.2) is 18.2 Å². The van der Waals surface area contributed by atoms with Gasteiger partial charge in [-0.15, -0.1) is 0 Å². The smallest absolute Gasteiger partial charge is 0.150 e. The Morgan fingerprint density at radius 3 is 2.69 bits per heavy atom. The standard InChI is InChI=1S/C10H10FNO/c11-8-2-1-7(6-13)9(5-8)10(12)3-4-10/h1-2,5-6H,3-4,12H2. The van der Waals surface area contributed by atoms with Crippen molar-refractivity contribution in [3.63, 3.8) is 0 Å². The van der Waals surface area contributed by atoms with Crippen LogP contribution in [0.2, 0.25) is 0 Å². The first kappa shape index (κ1) is 8.38. The second-order valence-corrected chi connectivity index (χ2v) is 3.51. The molecular formula is C10H10FNO. The Morgan fingerprint density at radius 2 is 2.15 bits per heavy atom. The van der Waals surface area contributed by atoms with Gasteiger partial charge in [0.25, 0.3) is 0 Å². The Kier molecular flexibility index (Phi) is 1.70. The summed E-state index contributed by atoms with van der Waals surface area (Å²) in [6.45, 7) is 0. The highest BCUT2D eigenvalue weighted by Crippen LogP contribution is 2.43. The minimum absolute atomic E-state index is 0.336. The number of benzene rings is 1. The molecule has 3 heteroatoms. The zero-order valence-corrected chi connectivity index (χ0v) is 7.09. The molecule has 13 heavy (non-hydrogen) atoms. The fourth-order valence-corrected chi connectivity index (χ4v) is 1.47. The minimum atomic E-state index is -0.446. The number of aldehydes is 1. The molecule has 0 unspecified atom stereocenters. The fourth-order valence-electron chi connectivity index (χ4n) is 1.47. The van der Waals surface area contributed by atoms with Gasteiger partial charge in [0.2, 0.25) is 0 Å². The third kappa shape index (κ3) is 1.35. The van der Waals surface area contributed by atoms with Gasteiger partial charge in [-0.05, 0) is 36.6 Å². The van der Waals surface area contributed by atoms with Gasteiger partial charge < -0.3 is 5.73 Å². The predicted molar refractivity (Wildman–Crippen MR) is 46.9 cm³/mol. The van der Waals surface area contributed by atoms with E-state index in [0.29, 0.717) is 11.1 Å². The summed E-state index contributed by atoms with van der Waals surface area (Å²) in [6.07, 6.45) is 2.39. The minimum Gasteiger partial charge on any atom is -0.321 e. The number of nitrogens with two attached hydrogens (primary N) is 1. The van der Waals surface area contributed by atoms with Crippen molar-refractivity contribution < 1.29 is 9.18 Å². The SMILES string of the molecule is NC1(c2cc(F)ccc2C=O)CC1. The third-order valence-corrected chi connectivity index (χ3v) is 2.47. The van der Waals surface area contributed by atoms with Crippen LogP contribution in [0.25, 0.3) is 0 Å². The average molecular weight is 179 g/mol. The molecule has 0 heterocycles. The highest BCUT2D eigenvalue weighted by atomic mass is 19.1. The molecule has 0 amide bonds. The molecule has 0 radical (unpaired) electrons. The molecule has 2 nitrogen and oxygen atoms in total. The van der Waals surface area contributed by atoms with Gasteiger partial charge >= 0.3 is 0 Å². The molecule has 1 aliphatic carbocycles. The Bertz CT molecular complexity index is 358. The summed E-state index contributed by atoms with van der Waals surface area (Å²) >= 11 is 0. The van der Waals surface area contributed by atoms with Gasteiger partial charge in [0.1, 0.15) is 12.1 Å². The van der Waals surface area contributed by atoms with E-state index in [2.05, 4.69) is 0 Å². The van der Waals surface area contributed by atoms with Gasteiger partial charge in [0.15, 0.2) is 0 Å². The van der Waals surface area contributed by atoms with E-state index < -0.39 is 5.54 Å². The van der Waals surface area contributed by atoms with Crippen molar-refractivity contribution in [3.05, 3.63) is 35.1 Å². The quantitative estimate of drug-likeness (QED) is 0.700. The normalized spacial score (nSPS) is 18.3. The maximum Gasteiger partial charge on any atom is 0.150 e. The molecule has 0 aliphatic heterocycles. The second-order valence-electron chi connectivity index (χ2n) is 3.51. The number of halogens is 1. The zero-order valence-electron chi connectivity index (χ0n) is 7.09. The van der Waals surface area contributed by atoms with Crippen molar-refractivity contribution in [2.75, 3.05) is 0 Å². The summed E-state index contributed by atoms with van der Waals surface area (Å²) in [7, 11) is 0. The van der Waals surface area contributed by atoms with Crippen molar-refractivity contribution in [2.24, 2.45) is 5.73 Å². The van der Waals surface area contributed by atoms with Gasteiger partial charge in [-0.1, -0.05) is 0 Å². The topological polar surface area (TPSA) is 43.1 Å². The first-order chi connectivity index (χ1) is 6.15. The zero-order chi connectivity index (χ0) is 9.47. The highest BCUT2D eigenvalue weighted by Gasteiger charge is 2.41. The van der Waals surface area contributed by atoms with Crippen LogP contribution in [-0.2, 0) is 5.54 Å². The maximum atomic E-state index is 12.9.